The van der Waals surface area contributed by atoms with Crippen LogP contribution in [0.1, 0.15) is 22.6 Å². The van der Waals surface area contributed by atoms with Gasteiger partial charge in [0.25, 0.3) is 0 Å². The Hall–Kier alpha value is -2.59. The summed E-state index contributed by atoms with van der Waals surface area (Å²) < 4.78 is 0. The quantitative estimate of drug-likeness (QED) is 0.657. The van der Waals surface area contributed by atoms with Gasteiger partial charge in [0.15, 0.2) is 0 Å². The minimum absolute atomic E-state index is 0.1000. The Balaban J connectivity index is 2.01. The van der Waals surface area contributed by atoms with Crippen molar-refractivity contribution in [2.45, 2.75) is 19.3 Å². The molecular weight excluding hydrogens is 254 g/mol. The monoisotopic (exact) mass is 271 g/mol. The van der Waals surface area contributed by atoms with Crippen LogP contribution in [0.25, 0.3) is 10.8 Å². The lowest BCUT2D eigenvalue weighted by atomic mass is 9.88. The molecule has 3 aromatic rings. The van der Waals surface area contributed by atoms with Gasteiger partial charge in [0.05, 0.1) is 12.0 Å². The summed E-state index contributed by atoms with van der Waals surface area (Å²) in [7, 11) is 0. The van der Waals surface area contributed by atoms with Crippen molar-refractivity contribution in [3.63, 3.8) is 0 Å². The van der Waals surface area contributed by atoms with Crippen LogP contribution in [0.4, 0.5) is 0 Å². The maximum absolute atomic E-state index is 9.59. The van der Waals surface area contributed by atoms with Gasteiger partial charge in [0.1, 0.15) is 0 Å². The third-order valence-corrected chi connectivity index (χ3v) is 4.02. The number of nitrogens with zero attached hydrogens (tertiary/aromatic N) is 1. The lowest BCUT2D eigenvalue weighted by molar-refractivity contribution is 0.846. The van der Waals surface area contributed by atoms with Crippen molar-refractivity contribution in [2.24, 2.45) is 0 Å². The van der Waals surface area contributed by atoms with Crippen molar-refractivity contribution < 1.29 is 0 Å². The van der Waals surface area contributed by atoms with Crippen LogP contribution in [0.2, 0.25) is 0 Å². The normalized spacial score (nSPS) is 12.0. The highest BCUT2D eigenvalue weighted by molar-refractivity contribution is 5.85. The Bertz CT molecular complexity index is 806. The van der Waals surface area contributed by atoms with E-state index >= 15 is 0 Å². The van der Waals surface area contributed by atoms with Crippen LogP contribution in [-0.2, 0) is 6.42 Å². The van der Waals surface area contributed by atoms with E-state index in [4.69, 9.17) is 0 Å². The summed E-state index contributed by atoms with van der Waals surface area (Å²) in [6.07, 6.45) is 0.753. The average molecular weight is 271 g/mol. The highest BCUT2D eigenvalue weighted by atomic mass is 14.3. The van der Waals surface area contributed by atoms with Gasteiger partial charge >= 0.3 is 0 Å². The predicted octanol–water partition coefficient (Wildman–Crippen LogP) is 5.00. The third-order valence-electron chi connectivity index (χ3n) is 4.02. The fourth-order valence-corrected chi connectivity index (χ4v) is 2.89. The van der Waals surface area contributed by atoms with Gasteiger partial charge < -0.3 is 0 Å². The molecule has 0 radical (unpaired) electrons. The summed E-state index contributed by atoms with van der Waals surface area (Å²) in [6, 6.07) is 25.3. The number of rotatable bonds is 3. The molecule has 3 rings (SSSR count). The molecule has 1 unspecified atom stereocenters. The lowest BCUT2D eigenvalue weighted by Gasteiger charge is -2.14. The van der Waals surface area contributed by atoms with Gasteiger partial charge in [-0.05, 0) is 40.8 Å². The van der Waals surface area contributed by atoms with Crippen molar-refractivity contribution >= 4 is 10.8 Å². The topological polar surface area (TPSA) is 23.8 Å². The fourth-order valence-electron chi connectivity index (χ4n) is 2.89. The van der Waals surface area contributed by atoms with E-state index in [0.717, 1.165) is 12.0 Å². The summed E-state index contributed by atoms with van der Waals surface area (Å²) in [4.78, 5) is 0. The van der Waals surface area contributed by atoms with E-state index in [2.05, 4.69) is 67.6 Å². The Morgan fingerprint density at radius 2 is 1.62 bits per heavy atom. The second kappa shape index (κ2) is 5.81. The van der Waals surface area contributed by atoms with Gasteiger partial charge in [-0.1, -0.05) is 66.7 Å². The standard InChI is InChI=1S/C20H17N/c1-15-7-2-4-11-19(15)18(14-21)13-17-10-6-9-16-8-3-5-12-20(16)17/h2-12,18H,13H2,1H3. The van der Waals surface area contributed by atoms with Crippen LogP contribution >= 0.6 is 0 Å². The van der Waals surface area contributed by atoms with Crippen LogP contribution in [0.15, 0.2) is 66.7 Å². The van der Waals surface area contributed by atoms with Gasteiger partial charge in [0, 0.05) is 0 Å². The van der Waals surface area contributed by atoms with Gasteiger partial charge in [-0.15, -0.1) is 0 Å². The number of aryl methyl sites for hydroxylation is 1. The molecule has 102 valence electrons. The molecule has 0 bridgehead atoms. The maximum Gasteiger partial charge on any atom is 0.0755 e. The van der Waals surface area contributed by atoms with Crippen molar-refractivity contribution in [1.29, 1.82) is 5.26 Å². The van der Waals surface area contributed by atoms with E-state index < -0.39 is 0 Å². The minimum Gasteiger partial charge on any atom is -0.198 e. The van der Waals surface area contributed by atoms with Gasteiger partial charge in [-0.2, -0.15) is 5.26 Å². The van der Waals surface area contributed by atoms with Crippen LogP contribution in [0.3, 0.4) is 0 Å². The van der Waals surface area contributed by atoms with E-state index in [0.29, 0.717) is 0 Å². The first-order chi connectivity index (χ1) is 10.3. The summed E-state index contributed by atoms with van der Waals surface area (Å²) >= 11 is 0. The molecule has 0 aliphatic carbocycles. The van der Waals surface area contributed by atoms with E-state index in [-0.39, 0.29) is 5.92 Å². The molecule has 1 heteroatoms. The highest BCUT2D eigenvalue weighted by Gasteiger charge is 2.14. The Morgan fingerprint density at radius 3 is 2.43 bits per heavy atom. The number of fused-ring (bicyclic) bond motifs is 1. The SMILES string of the molecule is Cc1ccccc1C(C#N)Cc1cccc2ccccc12. The van der Waals surface area contributed by atoms with E-state index in [9.17, 15) is 5.26 Å². The average Bonchev–Trinajstić information content (AvgIpc) is 2.53. The highest BCUT2D eigenvalue weighted by Crippen LogP contribution is 2.27. The molecule has 1 atom stereocenters. The minimum atomic E-state index is -0.1000. The van der Waals surface area contributed by atoms with Crippen LogP contribution in [0.5, 0.6) is 0 Å². The van der Waals surface area contributed by atoms with Crippen molar-refractivity contribution in [3.05, 3.63) is 83.4 Å². The smallest absolute Gasteiger partial charge is 0.0755 e. The summed E-state index contributed by atoms with van der Waals surface area (Å²) in [5.74, 6) is -0.1000. The third kappa shape index (κ3) is 2.66. The van der Waals surface area contributed by atoms with E-state index in [1.165, 1.54) is 21.9 Å². The molecule has 0 aliphatic rings. The fraction of sp³-hybridized carbons (Fsp3) is 0.150. The second-order valence-corrected chi connectivity index (χ2v) is 5.38. The summed E-state index contributed by atoms with van der Waals surface area (Å²) in [5, 5.41) is 12.1. The first-order valence-electron chi connectivity index (χ1n) is 7.21. The van der Waals surface area contributed by atoms with E-state index in [1.807, 2.05) is 12.1 Å². The molecule has 1 nitrogen and oxygen atoms in total. The summed E-state index contributed by atoms with van der Waals surface area (Å²) in [5.41, 5.74) is 3.56. The molecule has 0 aromatic heterocycles. The van der Waals surface area contributed by atoms with Gasteiger partial charge in [0.2, 0.25) is 0 Å². The second-order valence-electron chi connectivity index (χ2n) is 5.38. The first-order valence-corrected chi connectivity index (χ1v) is 7.21. The number of nitriles is 1. The van der Waals surface area contributed by atoms with Crippen molar-refractivity contribution in [2.75, 3.05) is 0 Å². The largest absolute Gasteiger partial charge is 0.198 e. The number of benzene rings is 3. The zero-order valence-electron chi connectivity index (χ0n) is 12.1. The Labute approximate surface area is 125 Å². The molecule has 21 heavy (non-hydrogen) atoms. The van der Waals surface area contributed by atoms with Crippen LogP contribution in [-0.4, -0.2) is 0 Å². The van der Waals surface area contributed by atoms with E-state index in [1.54, 1.807) is 0 Å². The van der Waals surface area contributed by atoms with Crippen molar-refractivity contribution in [1.82, 2.24) is 0 Å². The zero-order valence-corrected chi connectivity index (χ0v) is 12.1. The lowest BCUT2D eigenvalue weighted by Crippen LogP contribution is -2.03. The molecule has 0 amide bonds. The predicted molar refractivity (Wildman–Crippen MR) is 87.2 cm³/mol. The number of hydrogen-bond acceptors (Lipinski definition) is 1. The molecule has 0 aliphatic heterocycles. The molecule has 0 spiro atoms. The molecular formula is C20H17N. The molecule has 0 heterocycles. The zero-order chi connectivity index (χ0) is 14.7. The van der Waals surface area contributed by atoms with Gasteiger partial charge in [-0.25, -0.2) is 0 Å². The molecule has 0 saturated carbocycles. The Morgan fingerprint density at radius 1 is 0.905 bits per heavy atom. The first kappa shape index (κ1) is 13.4. The van der Waals surface area contributed by atoms with Crippen LogP contribution in [0, 0.1) is 18.3 Å². The van der Waals surface area contributed by atoms with Crippen molar-refractivity contribution in [3.8, 4) is 6.07 Å². The Kier molecular flexibility index (Phi) is 3.71. The number of hydrogen-bond donors (Lipinski definition) is 0. The molecule has 0 fully saturated rings. The van der Waals surface area contributed by atoms with Gasteiger partial charge in [-0.3, -0.25) is 0 Å². The summed E-state index contributed by atoms with van der Waals surface area (Å²) in [6.45, 7) is 2.07. The molecule has 0 saturated heterocycles. The van der Waals surface area contributed by atoms with Crippen LogP contribution < -0.4 is 0 Å². The molecule has 0 N–H and O–H groups in total. The molecule has 3 aromatic carbocycles. The maximum atomic E-state index is 9.59.